The van der Waals surface area contributed by atoms with Crippen LogP contribution in [0.4, 0.5) is 5.00 Å². The third-order valence-corrected chi connectivity index (χ3v) is 6.05. The summed E-state index contributed by atoms with van der Waals surface area (Å²) < 4.78 is 5.76. The Morgan fingerprint density at radius 1 is 1.10 bits per heavy atom. The predicted molar refractivity (Wildman–Crippen MR) is 112 cm³/mol. The minimum Gasteiger partial charge on any atom is -0.457 e. The maximum absolute atomic E-state index is 12.7. The quantitative estimate of drug-likeness (QED) is 0.476. The third kappa shape index (κ3) is 3.85. The van der Waals surface area contributed by atoms with Crippen LogP contribution in [0.15, 0.2) is 52.5 Å². The summed E-state index contributed by atoms with van der Waals surface area (Å²) in [5.41, 5.74) is 2.41. The molecule has 4 rings (SSSR count). The minimum atomic E-state index is -0.541. The lowest BCUT2D eigenvalue weighted by Gasteiger charge is -2.09. The van der Waals surface area contributed by atoms with Gasteiger partial charge in [-0.1, -0.05) is 30.3 Å². The van der Waals surface area contributed by atoms with Crippen molar-refractivity contribution in [2.45, 2.75) is 25.7 Å². The van der Waals surface area contributed by atoms with Crippen molar-refractivity contribution in [3.63, 3.8) is 0 Å². The van der Waals surface area contributed by atoms with E-state index in [9.17, 15) is 15.3 Å². The Morgan fingerprint density at radius 2 is 1.90 bits per heavy atom. The molecular weight excluding hydrogens is 382 g/mol. The van der Waals surface area contributed by atoms with Crippen molar-refractivity contribution in [1.82, 2.24) is 0 Å². The summed E-state index contributed by atoms with van der Waals surface area (Å²) in [4.78, 5) is 13.8. The van der Waals surface area contributed by atoms with Gasteiger partial charge in [0.25, 0.3) is 5.91 Å². The molecule has 0 aliphatic heterocycles. The second-order valence-corrected chi connectivity index (χ2v) is 7.82. The second kappa shape index (κ2) is 8.18. The topological polar surface area (TPSA) is 89.8 Å². The number of nitrogens with one attached hydrogen (secondary N) is 1. The highest BCUT2D eigenvalue weighted by Crippen LogP contribution is 2.37. The molecule has 0 unspecified atom stereocenters. The van der Waals surface area contributed by atoms with Gasteiger partial charge in [-0.25, -0.2) is 0 Å². The van der Waals surface area contributed by atoms with E-state index >= 15 is 0 Å². The number of hydrogen-bond donors (Lipinski definition) is 1. The SMILES string of the molecule is N#C/C(=C\c1ccc(-c2ccccc2)o1)C(=O)Nc1sc2c(c1C#N)CCCC2. The zero-order valence-corrected chi connectivity index (χ0v) is 16.4. The van der Waals surface area contributed by atoms with Crippen molar-refractivity contribution in [2.75, 3.05) is 5.32 Å². The number of aryl methyl sites for hydroxylation is 1. The van der Waals surface area contributed by atoms with Crippen molar-refractivity contribution in [3.8, 4) is 23.5 Å². The maximum atomic E-state index is 12.7. The lowest BCUT2D eigenvalue weighted by molar-refractivity contribution is -0.112. The first-order valence-electron chi connectivity index (χ1n) is 9.32. The molecule has 0 bridgehead atoms. The Balaban J connectivity index is 1.57. The number of carbonyl (C=O) groups is 1. The van der Waals surface area contributed by atoms with Crippen LogP contribution in [-0.2, 0) is 17.6 Å². The number of hydrogen-bond acceptors (Lipinski definition) is 5. The van der Waals surface area contributed by atoms with Gasteiger partial charge in [-0.05, 0) is 43.4 Å². The van der Waals surface area contributed by atoms with Gasteiger partial charge in [-0.2, -0.15) is 10.5 Å². The molecule has 0 atom stereocenters. The summed E-state index contributed by atoms with van der Waals surface area (Å²) in [6.45, 7) is 0. The van der Waals surface area contributed by atoms with E-state index in [0.717, 1.165) is 41.7 Å². The number of thiophene rings is 1. The standard InChI is InChI=1S/C23H17N3O2S/c24-13-16(12-17-10-11-20(28-17)15-6-2-1-3-7-15)22(27)26-23-19(14-25)18-8-4-5-9-21(18)29-23/h1-3,6-7,10-12H,4-5,8-9H2,(H,26,27)/b16-12+. The highest BCUT2D eigenvalue weighted by atomic mass is 32.1. The third-order valence-electron chi connectivity index (χ3n) is 4.85. The molecule has 29 heavy (non-hydrogen) atoms. The van der Waals surface area contributed by atoms with Crippen LogP contribution in [0.1, 0.15) is 34.6 Å². The lowest BCUT2D eigenvalue weighted by Crippen LogP contribution is -2.13. The number of anilines is 1. The molecule has 6 heteroatoms. The molecule has 0 radical (unpaired) electrons. The molecule has 5 nitrogen and oxygen atoms in total. The fourth-order valence-electron chi connectivity index (χ4n) is 3.42. The van der Waals surface area contributed by atoms with E-state index in [1.54, 1.807) is 12.1 Å². The van der Waals surface area contributed by atoms with Crippen LogP contribution in [0.2, 0.25) is 0 Å². The van der Waals surface area contributed by atoms with Gasteiger partial charge in [0, 0.05) is 16.5 Å². The van der Waals surface area contributed by atoms with E-state index in [2.05, 4.69) is 11.4 Å². The molecule has 1 aromatic carbocycles. The zero-order valence-electron chi connectivity index (χ0n) is 15.6. The number of carbonyl (C=O) groups excluding carboxylic acids is 1. The predicted octanol–water partition coefficient (Wildman–Crippen LogP) is 5.30. The summed E-state index contributed by atoms with van der Waals surface area (Å²) in [6.07, 6.45) is 5.36. The zero-order chi connectivity index (χ0) is 20.2. The Bertz CT molecular complexity index is 1170. The molecule has 2 aromatic heterocycles. The van der Waals surface area contributed by atoms with Gasteiger partial charge < -0.3 is 9.73 Å². The minimum absolute atomic E-state index is 0.0748. The van der Waals surface area contributed by atoms with Crippen molar-refractivity contribution in [3.05, 3.63) is 69.8 Å². The normalized spacial score (nSPS) is 13.2. The van der Waals surface area contributed by atoms with E-state index in [0.29, 0.717) is 22.1 Å². The molecule has 0 spiro atoms. The summed E-state index contributed by atoms with van der Waals surface area (Å²) in [7, 11) is 0. The monoisotopic (exact) mass is 399 g/mol. The fraction of sp³-hybridized carbons (Fsp3) is 0.174. The van der Waals surface area contributed by atoms with Crippen molar-refractivity contribution < 1.29 is 9.21 Å². The van der Waals surface area contributed by atoms with E-state index in [1.807, 2.05) is 36.4 Å². The first-order chi connectivity index (χ1) is 14.2. The molecule has 0 saturated carbocycles. The number of fused-ring (bicyclic) bond motifs is 1. The van der Waals surface area contributed by atoms with Crippen molar-refractivity contribution in [1.29, 1.82) is 10.5 Å². The van der Waals surface area contributed by atoms with E-state index in [1.165, 1.54) is 17.4 Å². The Labute approximate surface area is 172 Å². The van der Waals surface area contributed by atoms with E-state index in [4.69, 9.17) is 4.42 Å². The molecule has 1 N–H and O–H groups in total. The average Bonchev–Trinajstić information content (AvgIpc) is 3.36. The molecular formula is C23H17N3O2S. The Kier molecular flexibility index (Phi) is 5.29. The van der Waals surface area contributed by atoms with E-state index < -0.39 is 5.91 Å². The first-order valence-corrected chi connectivity index (χ1v) is 10.1. The molecule has 1 amide bonds. The first kappa shape index (κ1) is 18.7. The number of amides is 1. The van der Waals surface area contributed by atoms with Crippen LogP contribution in [0, 0.1) is 22.7 Å². The van der Waals surface area contributed by atoms with Crippen LogP contribution in [0.25, 0.3) is 17.4 Å². The highest BCUT2D eigenvalue weighted by Gasteiger charge is 2.22. The number of nitriles is 2. The molecule has 1 aliphatic rings. The summed E-state index contributed by atoms with van der Waals surface area (Å²) >= 11 is 1.44. The van der Waals surface area contributed by atoms with Gasteiger partial charge in [0.1, 0.15) is 34.2 Å². The molecule has 3 aromatic rings. The van der Waals surface area contributed by atoms with Gasteiger partial charge in [0.2, 0.25) is 0 Å². The van der Waals surface area contributed by atoms with Gasteiger partial charge >= 0.3 is 0 Å². The largest absolute Gasteiger partial charge is 0.457 e. The van der Waals surface area contributed by atoms with E-state index in [-0.39, 0.29) is 5.57 Å². The van der Waals surface area contributed by atoms with Crippen LogP contribution >= 0.6 is 11.3 Å². The fourth-order valence-corrected chi connectivity index (χ4v) is 4.66. The number of rotatable bonds is 4. The van der Waals surface area contributed by atoms with Gasteiger partial charge in [-0.15, -0.1) is 11.3 Å². The Morgan fingerprint density at radius 3 is 2.66 bits per heavy atom. The lowest BCUT2D eigenvalue weighted by atomic mass is 9.96. The Hall–Kier alpha value is -3.61. The van der Waals surface area contributed by atoms with Crippen LogP contribution < -0.4 is 5.32 Å². The highest BCUT2D eigenvalue weighted by molar-refractivity contribution is 7.16. The van der Waals surface area contributed by atoms with Gasteiger partial charge in [-0.3, -0.25) is 4.79 Å². The van der Waals surface area contributed by atoms with Gasteiger partial charge in [0.05, 0.1) is 5.56 Å². The molecule has 1 aliphatic carbocycles. The maximum Gasteiger partial charge on any atom is 0.267 e. The number of benzene rings is 1. The van der Waals surface area contributed by atoms with Crippen molar-refractivity contribution in [2.24, 2.45) is 0 Å². The second-order valence-electron chi connectivity index (χ2n) is 6.72. The smallest absolute Gasteiger partial charge is 0.267 e. The molecule has 2 heterocycles. The number of nitrogens with zero attached hydrogens (tertiary/aromatic N) is 2. The van der Waals surface area contributed by atoms with Gasteiger partial charge in [0.15, 0.2) is 0 Å². The summed E-state index contributed by atoms with van der Waals surface area (Å²) in [6, 6.07) is 17.3. The van der Waals surface area contributed by atoms with Crippen molar-refractivity contribution >= 4 is 28.3 Å². The average molecular weight is 399 g/mol. The van der Waals surface area contributed by atoms with Crippen LogP contribution in [0.3, 0.4) is 0 Å². The molecule has 142 valence electrons. The van der Waals surface area contributed by atoms with Crippen LogP contribution in [-0.4, -0.2) is 5.91 Å². The number of furan rings is 1. The summed E-state index contributed by atoms with van der Waals surface area (Å²) in [5.74, 6) is 0.536. The molecule has 0 fully saturated rings. The summed E-state index contributed by atoms with van der Waals surface area (Å²) in [5, 5.41) is 22.3. The van der Waals surface area contributed by atoms with Crippen LogP contribution in [0.5, 0.6) is 0 Å². The molecule has 0 saturated heterocycles.